The lowest BCUT2D eigenvalue weighted by Crippen LogP contribution is -2.38. The Morgan fingerprint density at radius 3 is 2.35 bits per heavy atom. The van der Waals surface area contributed by atoms with E-state index in [0.717, 1.165) is 49.9 Å². The van der Waals surface area contributed by atoms with E-state index in [1.165, 1.54) is 6.42 Å². The molecule has 8 heteroatoms. The molecule has 1 saturated heterocycles. The van der Waals surface area contributed by atoms with Crippen molar-refractivity contribution in [3.63, 3.8) is 0 Å². The van der Waals surface area contributed by atoms with Crippen molar-refractivity contribution in [2.45, 2.75) is 57.2 Å². The number of rotatable bonds is 8. The van der Waals surface area contributed by atoms with E-state index in [0.29, 0.717) is 27.9 Å². The number of halogens is 3. The number of carbonyl (C=O) groups excluding carboxylic acids is 2. The van der Waals surface area contributed by atoms with E-state index < -0.39 is 24.5 Å². The number of alkyl halides is 3. The van der Waals surface area contributed by atoms with Gasteiger partial charge in [-0.25, -0.2) is 0 Å². The van der Waals surface area contributed by atoms with Crippen LogP contribution in [0.1, 0.15) is 78.0 Å². The van der Waals surface area contributed by atoms with Gasteiger partial charge in [-0.1, -0.05) is 68.3 Å². The summed E-state index contributed by atoms with van der Waals surface area (Å²) < 4.78 is 39.4. The monoisotopic (exact) mass is 549 g/mol. The number of anilines is 1. The van der Waals surface area contributed by atoms with Crippen molar-refractivity contribution >= 4 is 17.5 Å². The van der Waals surface area contributed by atoms with Crippen LogP contribution in [0.4, 0.5) is 18.9 Å². The molecule has 3 aromatic carbocycles. The lowest BCUT2D eigenvalue weighted by Gasteiger charge is -2.36. The molecule has 0 bridgehead atoms. The minimum Gasteiger partial charge on any atom is -0.346 e. The van der Waals surface area contributed by atoms with E-state index in [9.17, 15) is 22.8 Å². The molecule has 2 amide bonds. The maximum atomic E-state index is 13.6. The molecule has 0 aromatic heterocycles. The van der Waals surface area contributed by atoms with Gasteiger partial charge in [0.05, 0.1) is 5.92 Å². The first-order valence-electron chi connectivity index (χ1n) is 14.0. The van der Waals surface area contributed by atoms with Crippen molar-refractivity contribution in [3.8, 4) is 11.1 Å². The maximum absolute atomic E-state index is 13.6. The fraction of sp³-hybridized carbons (Fsp3) is 0.375. The van der Waals surface area contributed by atoms with E-state index in [4.69, 9.17) is 0 Å². The molecule has 1 aliphatic heterocycles. The summed E-state index contributed by atoms with van der Waals surface area (Å²) >= 11 is 0. The van der Waals surface area contributed by atoms with Crippen LogP contribution in [0.15, 0.2) is 66.7 Å². The van der Waals surface area contributed by atoms with Crippen molar-refractivity contribution in [2.75, 3.05) is 25.0 Å². The number of hydrogen-bond acceptors (Lipinski definition) is 3. The lowest BCUT2D eigenvalue weighted by atomic mass is 9.85. The van der Waals surface area contributed by atoms with Crippen LogP contribution in [0, 0.1) is 0 Å². The topological polar surface area (TPSA) is 61.4 Å². The van der Waals surface area contributed by atoms with E-state index in [1.54, 1.807) is 36.4 Å². The Bertz CT molecular complexity index is 1370. The summed E-state index contributed by atoms with van der Waals surface area (Å²) in [6.45, 7) is 2.59. The maximum Gasteiger partial charge on any atom is 0.405 e. The quantitative estimate of drug-likeness (QED) is 0.316. The number of likely N-dealkylation sites (tertiary alicyclic amines) is 1. The number of amides is 2. The summed E-state index contributed by atoms with van der Waals surface area (Å²) in [5, 5.41) is 5.17. The second-order valence-electron chi connectivity index (χ2n) is 10.6. The molecule has 1 aliphatic carbocycles. The van der Waals surface area contributed by atoms with Gasteiger partial charge >= 0.3 is 6.18 Å². The third-order valence-corrected chi connectivity index (χ3v) is 7.87. The molecule has 2 atom stereocenters. The normalized spacial score (nSPS) is 17.6. The fourth-order valence-corrected chi connectivity index (χ4v) is 6.15. The fourth-order valence-electron chi connectivity index (χ4n) is 6.15. The second kappa shape index (κ2) is 11.8. The number of benzene rings is 3. The first-order valence-corrected chi connectivity index (χ1v) is 14.0. The van der Waals surface area contributed by atoms with E-state index in [2.05, 4.69) is 22.5 Å². The van der Waals surface area contributed by atoms with Crippen molar-refractivity contribution in [1.82, 2.24) is 10.2 Å². The highest BCUT2D eigenvalue weighted by atomic mass is 19.4. The van der Waals surface area contributed by atoms with Crippen LogP contribution in [0.3, 0.4) is 0 Å². The number of nitrogens with one attached hydrogen (secondary N) is 2. The van der Waals surface area contributed by atoms with Crippen LogP contribution in [0.2, 0.25) is 0 Å². The molecule has 1 heterocycles. The summed E-state index contributed by atoms with van der Waals surface area (Å²) in [6, 6.07) is 20.0. The Labute approximate surface area is 232 Å². The van der Waals surface area contributed by atoms with Gasteiger partial charge in [0.15, 0.2) is 0 Å². The van der Waals surface area contributed by atoms with Gasteiger partial charge in [-0.3, -0.25) is 14.5 Å². The minimum atomic E-state index is -4.52. The summed E-state index contributed by atoms with van der Waals surface area (Å²) in [5.74, 6) is -1.90. The highest BCUT2D eigenvalue weighted by molar-refractivity contribution is 6.09. The Morgan fingerprint density at radius 1 is 0.950 bits per heavy atom. The summed E-state index contributed by atoms with van der Waals surface area (Å²) in [7, 11) is 0. The van der Waals surface area contributed by atoms with Crippen LogP contribution < -0.4 is 10.6 Å². The number of piperidine rings is 1. The molecule has 210 valence electrons. The molecule has 40 heavy (non-hydrogen) atoms. The molecular weight excluding hydrogens is 515 g/mol. The number of carbonyl (C=O) groups is 2. The zero-order valence-electron chi connectivity index (χ0n) is 22.6. The van der Waals surface area contributed by atoms with Crippen molar-refractivity contribution < 1.29 is 22.8 Å². The van der Waals surface area contributed by atoms with Gasteiger partial charge in [-0.05, 0) is 72.8 Å². The molecule has 5 nitrogen and oxygen atoms in total. The first-order chi connectivity index (χ1) is 19.3. The van der Waals surface area contributed by atoms with Gasteiger partial charge in [0.1, 0.15) is 6.54 Å². The zero-order valence-corrected chi connectivity index (χ0v) is 22.6. The molecule has 0 saturated carbocycles. The largest absolute Gasteiger partial charge is 0.405 e. The first kappa shape index (κ1) is 27.9. The third kappa shape index (κ3) is 5.77. The molecular formula is C32H34F3N3O2. The minimum absolute atomic E-state index is 0.0187. The van der Waals surface area contributed by atoms with Crippen LogP contribution >= 0.6 is 0 Å². The predicted molar refractivity (Wildman–Crippen MR) is 150 cm³/mol. The van der Waals surface area contributed by atoms with Crippen molar-refractivity contribution in [1.29, 1.82) is 0 Å². The van der Waals surface area contributed by atoms with Crippen LogP contribution in [-0.4, -0.2) is 42.5 Å². The third-order valence-electron chi connectivity index (χ3n) is 7.87. The molecule has 0 radical (unpaired) electrons. The smallest absolute Gasteiger partial charge is 0.346 e. The van der Waals surface area contributed by atoms with E-state index >= 15 is 0 Å². The number of nitrogens with zero attached hydrogens (tertiary/aromatic N) is 1. The van der Waals surface area contributed by atoms with Gasteiger partial charge in [-0.15, -0.1) is 0 Å². The van der Waals surface area contributed by atoms with Crippen molar-refractivity contribution in [2.24, 2.45) is 0 Å². The van der Waals surface area contributed by atoms with Gasteiger partial charge < -0.3 is 10.6 Å². The Hall–Kier alpha value is -3.65. The average Bonchev–Trinajstić information content (AvgIpc) is 3.31. The highest BCUT2D eigenvalue weighted by Crippen LogP contribution is 2.52. The Morgan fingerprint density at radius 2 is 1.65 bits per heavy atom. The Kier molecular flexibility index (Phi) is 8.26. The van der Waals surface area contributed by atoms with Gasteiger partial charge in [0.25, 0.3) is 5.91 Å². The number of hydrogen-bond donors (Lipinski definition) is 2. The second-order valence-corrected chi connectivity index (χ2v) is 10.6. The van der Waals surface area contributed by atoms with Crippen LogP contribution in [-0.2, 0) is 4.79 Å². The molecule has 2 unspecified atom stereocenters. The number of fused-ring (bicyclic) bond motifs is 3. The average molecular weight is 550 g/mol. The van der Waals surface area contributed by atoms with Crippen molar-refractivity contribution in [3.05, 3.63) is 89.0 Å². The summed E-state index contributed by atoms with van der Waals surface area (Å²) in [6.07, 6.45) is 0.595. The van der Waals surface area contributed by atoms with Gasteiger partial charge in [0, 0.05) is 22.9 Å². The SMILES string of the molecule is CCCC(c1ccc(NC(=O)c2ccccc2)c2c1C(C(=O)NCC(F)(F)F)c1ccccc1-2)N1CCCCC1. The summed E-state index contributed by atoms with van der Waals surface area (Å²) in [4.78, 5) is 29.2. The standard InChI is InChI=1S/C32H34F3N3O2/c1-2-11-26(38-18-9-4-10-19-38)24-16-17-25(37-30(39)21-12-5-3-6-13-21)27-22-14-7-8-15-23(22)29(28(24)27)31(40)36-20-32(33,34)35/h3,5-8,12-17,26,29H,2,4,9-11,18-20H2,1H3,(H,36,40)(H,37,39). The van der Waals surface area contributed by atoms with Gasteiger partial charge in [0.2, 0.25) is 5.91 Å². The summed E-state index contributed by atoms with van der Waals surface area (Å²) in [5.41, 5.74) is 4.78. The molecule has 2 aliphatic rings. The zero-order chi connectivity index (χ0) is 28.3. The van der Waals surface area contributed by atoms with Crippen LogP contribution in [0.25, 0.3) is 11.1 Å². The van der Waals surface area contributed by atoms with E-state index in [1.807, 2.05) is 30.3 Å². The predicted octanol–water partition coefficient (Wildman–Crippen LogP) is 7.06. The molecule has 1 fully saturated rings. The molecule has 0 spiro atoms. The molecule has 2 N–H and O–H groups in total. The lowest BCUT2D eigenvalue weighted by molar-refractivity contribution is -0.138. The Balaban J connectivity index is 1.66. The van der Waals surface area contributed by atoms with E-state index in [-0.39, 0.29) is 11.9 Å². The highest BCUT2D eigenvalue weighted by Gasteiger charge is 2.41. The van der Waals surface area contributed by atoms with Crippen LogP contribution in [0.5, 0.6) is 0 Å². The molecule has 3 aromatic rings. The van der Waals surface area contributed by atoms with Gasteiger partial charge in [-0.2, -0.15) is 13.2 Å². The molecule has 5 rings (SSSR count).